The van der Waals surface area contributed by atoms with Crippen molar-refractivity contribution in [1.29, 1.82) is 0 Å². The minimum Gasteiger partial charge on any atom is -0.493 e. The van der Waals surface area contributed by atoms with Crippen LogP contribution in [-0.2, 0) is 6.54 Å². The molecule has 0 amide bonds. The molecule has 0 bridgehead atoms. The highest BCUT2D eigenvalue weighted by Crippen LogP contribution is 2.35. The molecule has 0 saturated carbocycles. The van der Waals surface area contributed by atoms with Crippen molar-refractivity contribution in [3.8, 4) is 11.5 Å². The van der Waals surface area contributed by atoms with Gasteiger partial charge in [-0.25, -0.2) is 0 Å². The molecule has 0 radical (unpaired) electrons. The Morgan fingerprint density at radius 1 is 1.18 bits per heavy atom. The van der Waals surface area contributed by atoms with Gasteiger partial charge < -0.3 is 14.8 Å². The molecular weight excluding hydrogens is 321 g/mol. The predicted octanol–water partition coefficient (Wildman–Crippen LogP) is 4.76. The summed E-state index contributed by atoms with van der Waals surface area (Å²) in [7, 11) is 3.22. The molecule has 1 N–H and O–H groups in total. The molecule has 0 spiro atoms. The zero-order valence-electron chi connectivity index (χ0n) is 13.3. The third kappa shape index (κ3) is 5.38. The van der Waals surface area contributed by atoms with Crippen LogP contribution in [0.15, 0.2) is 23.8 Å². The van der Waals surface area contributed by atoms with Gasteiger partial charge >= 0.3 is 0 Å². The van der Waals surface area contributed by atoms with E-state index in [1.807, 2.05) is 12.1 Å². The van der Waals surface area contributed by atoms with Gasteiger partial charge in [0.2, 0.25) is 0 Å². The molecule has 0 aromatic heterocycles. The maximum atomic E-state index is 6.21. The van der Waals surface area contributed by atoms with Crippen molar-refractivity contribution < 1.29 is 9.47 Å². The Labute approximate surface area is 144 Å². The summed E-state index contributed by atoms with van der Waals surface area (Å²) >= 11 is 6.21. The van der Waals surface area contributed by atoms with Gasteiger partial charge in [-0.1, -0.05) is 23.3 Å². The Morgan fingerprint density at radius 2 is 2.00 bits per heavy atom. The Hall–Kier alpha value is -0.900. The Kier molecular flexibility index (Phi) is 8.69. The van der Waals surface area contributed by atoms with Gasteiger partial charge in [0.25, 0.3) is 0 Å². The first kappa shape index (κ1) is 19.1. The lowest BCUT2D eigenvalue weighted by Crippen LogP contribution is -2.15. The number of hydrogen-bond donors (Lipinski definition) is 1. The summed E-state index contributed by atoms with van der Waals surface area (Å²) in [5.41, 5.74) is 2.70. The van der Waals surface area contributed by atoms with Crippen molar-refractivity contribution >= 4 is 24.0 Å². The molecule has 124 valence electrons. The average molecular weight is 346 g/mol. The lowest BCUT2D eigenvalue weighted by molar-refractivity contribution is 0.354. The predicted molar refractivity (Wildman–Crippen MR) is 94.7 cm³/mol. The number of allylic oxidation sites excluding steroid dienone is 1. The van der Waals surface area contributed by atoms with E-state index in [9.17, 15) is 0 Å². The quantitative estimate of drug-likeness (QED) is 0.570. The lowest BCUT2D eigenvalue weighted by atomic mass is 9.97. The Morgan fingerprint density at radius 3 is 2.64 bits per heavy atom. The van der Waals surface area contributed by atoms with Crippen LogP contribution in [0.25, 0.3) is 0 Å². The number of benzene rings is 1. The lowest BCUT2D eigenvalue weighted by Gasteiger charge is -2.14. The molecule has 2 rings (SSSR count). The fraction of sp³-hybridized carbons (Fsp3) is 0.529. The Bertz CT molecular complexity index is 504. The van der Waals surface area contributed by atoms with Crippen molar-refractivity contribution in [2.75, 3.05) is 20.8 Å². The molecule has 0 fully saturated rings. The zero-order valence-corrected chi connectivity index (χ0v) is 14.9. The maximum absolute atomic E-state index is 6.21. The third-order valence-corrected chi connectivity index (χ3v) is 4.11. The van der Waals surface area contributed by atoms with Crippen molar-refractivity contribution in [2.45, 2.75) is 38.6 Å². The number of nitrogens with one attached hydrogen (secondary N) is 1. The monoisotopic (exact) mass is 345 g/mol. The van der Waals surface area contributed by atoms with Crippen molar-refractivity contribution in [1.82, 2.24) is 5.32 Å². The largest absolute Gasteiger partial charge is 0.493 e. The minimum atomic E-state index is 0. The molecule has 1 aromatic carbocycles. The van der Waals surface area contributed by atoms with Gasteiger partial charge in [0.15, 0.2) is 11.5 Å². The zero-order chi connectivity index (χ0) is 15.1. The summed E-state index contributed by atoms with van der Waals surface area (Å²) in [5.74, 6) is 1.27. The third-order valence-electron chi connectivity index (χ3n) is 3.83. The molecule has 0 unspecified atom stereocenters. The highest BCUT2D eigenvalue weighted by Gasteiger charge is 2.10. The second-order valence-electron chi connectivity index (χ2n) is 5.35. The highest BCUT2D eigenvalue weighted by atomic mass is 35.5. The second kappa shape index (κ2) is 9.98. The molecule has 5 heteroatoms. The van der Waals surface area contributed by atoms with Crippen LogP contribution in [0.4, 0.5) is 0 Å². The van der Waals surface area contributed by atoms with E-state index in [4.69, 9.17) is 21.1 Å². The number of halogens is 2. The summed E-state index contributed by atoms with van der Waals surface area (Å²) in [6, 6.07) is 3.90. The highest BCUT2D eigenvalue weighted by molar-refractivity contribution is 6.32. The van der Waals surface area contributed by atoms with Crippen LogP contribution < -0.4 is 14.8 Å². The van der Waals surface area contributed by atoms with E-state index in [2.05, 4.69) is 11.4 Å². The maximum Gasteiger partial charge on any atom is 0.179 e. The van der Waals surface area contributed by atoms with Gasteiger partial charge in [0, 0.05) is 6.54 Å². The van der Waals surface area contributed by atoms with Crippen LogP contribution in [0.1, 0.15) is 37.7 Å². The number of ether oxygens (including phenoxy) is 2. The van der Waals surface area contributed by atoms with E-state index >= 15 is 0 Å². The van der Waals surface area contributed by atoms with E-state index < -0.39 is 0 Å². The molecule has 0 aliphatic heterocycles. The molecule has 0 atom stereocenters. The summed E-state index contributed by atoms with van der Waals surface area (Å²) in [6.45, 7) is 1.78. The van der Waals surface area contributed by atoms with E-state index in [0.717, 1.165) is 25.1 Å². The molecule has 0 heterocycles. The van der Waals surface area contributed by atoms with Crippen molar-refractivity contribution in [3.05, 3.63) is 34.4 Å². The average Bonchev–Trinajstić information content (AvgIpc) is 2.52. The molecule has 1 aliphatic rings. The standard InChI is InChI=1S/C17H24ClNO2.ClH/c1-20-16-11-14(10-15(18)17(16)21-2)12-19-9-8-13-6-4-3-5-7-13;/h6,10-11,19H,3-5,7-9,12H2,1-2H3;1H. The molecular formula is C17H25Cl2NO2. The Balaban J connectivity index is 0.00000242. The number of hydrogen-bond acceptors (Lipinski definition) is 3. The first-order valence-electron chi connectivity index (χ1n) is 7.53. The van der Waals surface area contributed by atoms with E-state index in [-0.39, 0.29) is 12.4 Å². The molecule has 22 heavy (non-hydrogen) atoms. The van der Waals surface area contributed by atoms with Gasteiger partial charge in [-0.3, -0.25) is 0 Å². The molecule has 1 aromatic rings. The van der Waals surface area contributed by atoms with Crippen LogP contribution in [0.5, 0.6) is 11.5 Å². The van der Waals surface area contributed by atoms with Crippen LogP contribution in [0.3, 0.4) is 0 Å². The van der Waals surface area contributed by atoms with Crippen molar-refractivity contribution in [3.63, 3.8) is 0 Å². The second-order valence-corrected chi connectivity index (χ2v) is 5.76. The molecule has 3 nitrogen and oxygen atoms in total. The van der Waals surface area contributed by atoms with Gasteiger partial charge in [-0.05, 0) is 56.3 Å². The summed E-state index contributed by atoms with van der Waals surface area (Å²) < 4.78 is 10.6. The van der Waals surface area contributed by atoms with Crippen LogP contribution in [-0.4, -0.2) is 20.8 Å². The normalized spacial score (nSPS) is 14.0. The first-order valence-corrected chi connectivity index (χ1v) is 7.91. The van der Waals surface area contributed by atoms with E-state index in [1.54, 1.807) is 19.8 Å². The van der Waals surface area contributed by atoms with Crippen LogP contribution >= 0.6 is 24.0 Å². The van der Waals surface area contributed by atoms with Gasteiger partial charge in [-0.2, -0.15) is 0 Å². The molecule has 1 aliphatic carbocycles. The minimum absolute atomic E-state index is 0. The van der Waals surface area contributed by atoms with Gasteiger partial charge in [0.1, 0.15) is 0 Å². The fourth-order valence-electron chi connectivity index (χ4n) is 2.69. The topological polar surface area (TPSA) is 30.5 Å². The van der Waals surface area contributed by atoms with Crippen LogP contribution in [0, 0.1) is 0 Å². The van der Waals surface area contributed by atoms with Crippen molar-refractivity contribution in [2.24, 2.45) is 0 Å². The summed E-state index contributed by atoms with van der Waals surface area (Å²) in [5, 5.41) is 4.06. The number of rotatable bonds is 7. The number of methoxy groups -OCH3 is 2. The SMILES string of the molecule is COc1cc(CNCCC2=CCCCC2)cc(Cl)c1OC.Cl. The van der Waals surface area contributed by atoms with Gasteiger partial charge in [0.05, 0.1) is 19.2 Å². The van der Waals surface area contributed by atoms with E-state index in [0.29, 0.717) is 16.5 Å². The fourth-order valence-corrected chi connectivity index (χ4v) is 3.00. The smallest absolute Gasteiger partial charge is 0.179 e. The van der Waals surface area contributed by atoms with Crippen LogP contribution in [0.2, 0.25) is 5.02 Å². The van der Waals surface area contributed by atoms with E-state index in [1.165, 1.54) is 25.7 Å². The molecule has 0 saturated heterocycles. The van der Waals surface area contributed by atoms with Gasteiger partial charge in [-0.15, -0.1) is 12.4 Å². The summed E-state index contributed by atoms with van der Waals surface area (Å²) in [6.07, 6.45) is 8.75. The first-order chi connectivity index (χ1) is 10.2. The summed E-state index contributed by atoms with van der Waals surface area (Å²) in [4.78, 5) is 0.